The van der Waals surface area contributed by atoms with E-state index >= 15 is 0 Å². The number of carbonyl (C=O) groups excluding carboxylic acids is 2. The lowest BCUT2D eigenvalue weighted by molar-refractivity contribution is -0.117. The van der Waals surface area contributed by atoms with E-state index in [4.69, 9.17) is 16.3 Å². The van der Waals surface area contributed by atoms with E-state index in [9.17, 15) is 9.59 Å². The maximum atomic E-state index is 12.5. The van der Waals surface area contributed by atoms with E-state index in [0.717, 1.165) is 36.6 Å². The fourth-order valence-corrected chi connectivity index (χ4v) is 3.68. The monoisotopic (exact) mass is 415 g/mol. The molecule has 0 bridgehead atoms. The van der Waals surface area contributed by atoms with Crippen LogP contribution >= 0.6 is 11.6 Å². The summed E-state index contributed by atoms with van der Waals surface area (Å²) in [6.07, 6.45) is 0. The molecule has 1 aliphatic rings. The Bertz CT molecular complexity index is 885. The third-order valence-electron chi connectivity index (χ3n) is 5.31. The second kappa shape index (κ2) is 9.29. The van der Waals surface area contributed by atoms with Crippen molar-refractivity contribution in [3.8, 4) is 0 Å². The Morgan fingerprint density at radius 1 is 1.17 bits per heavy atom. The van der Waals surface area contributed by atoms with Gasteiger partial charge in [0.05, 0.1) is 19.2 Å². The molecule has 0 spiro atoms. The first-order valence-corrected chi connectivity index (χ1v) is 9.99. The Morgan fingerprint density at radius 3 is 2.55 bits per heavy atom. The van der Waals surface area contributed by atoms with Crippen molar-refractivity contribution in [3.63, 3.8) is 0 Å². The standard InChI is InChI=1S/C22H26ClN3O3/c1-15-13-26(18-9-7-17(8-10-18)22(28)29-3)12-11-25(15)14-21(27)24-20-6-4-5-19(23)16(20)2/h4-10,15H,11-14H2,1-3H3,(H,24,27). The zero-order chi connectivity index (χ0) is 21.0. The summed E-state index contributed by atoms with van der Waals surface area (Å²) in [4.78, 5) is 28.5. The van der Waals surface area contributed by atoms with Gasteiger partial charge in [-0.25, -0.2) is 4.79 Å². The number of benzene rings is 2. The molecule has 29 heavy (non-hydrogen) atoms. The van der Waals surface area contributed by atoms with Crippen LogP contribution in [0.5, 0.6) is 0 Å². The van der Waals surface area contributed by atoms with Gasteiger partial charge in [-0.1, -0.05) is 17.7 Å². The SMILES string of the molecule is COC(=O)c1ccc(N2CCN(CC(=O)Nc3cccc(Cl)c3C)C(C)C2)cc1. The zero-order valence-electron chi connectivity index (χ0n) is 16.9. The van der Waals surface area contributed by atoms with Crippen molar-refractivity contribution >= 4 is 34.9 Å². The molecule has 1 N–H and O–H groups in total. The molecule has 7 heteroatoms. The molecule has 2 aromatic rings. The van der Waals surface area contributed by atoms with E-state index in [-0.39, 0.29) is 17.9 Å². The highest BCUT2D eigenvalue weighted by molar-refractivity contribution is 6.31. The summed E-state index contributed by atoms with van der Waals surface area (Å²) in [5.41, 5.74) is 3.22. The lowest BCUT2D eigenvalue weighted by Crippen LogP contribution is -2.53. The van der Waals surface area contributed by atoms with Gasteiger partial charge in [0.25, 0.3) is 0 Å². The fourth-order valence-electron chi connectivity index (χ4n) is 3.51. The number of hydrogen-bond acceptors (Lipinski definition) is 5. The number of nitrogens with one attached hydrogen (secondary N) is 1. The maximum Gasteiger partial charge on any atom is 0.337 e. The minimum absolute atomic E-state index is 0.0434. The number of rotatable bonds is 5. The highest BCUT2D eigenvalue weighted by Crippen LogP contribution is 2.23. The summed E-state index contributed by atoms with van der Waals surface area (Å²) in [5, 5.41) is 3.60. The zero-order valence-corrected chi connectivity index (χ0v) is 17.7. The van der Waals surface area contributed by atoms with Crippen LogP contribution in [0.3, 0.4) is 0 Å². The molecule has 1 aliphatic heterocycles. The lowest BCUT2D eigenvalue weighted by atomic mass is 10.1. The van der Waals surface area contributed by atoms with Crippen LogP contribution in [-0.4, -0.2) is 56.1 Å². The molecular formula is C22H26ClN3O3. The number of amides is 1. The fraction of sp³-hybridized carbons (Fsp3) is 0.364. The van der Waals surface area contributed by atoms with Crippen LogP contribution in [0.2, 0.25) is 5.02 Å². The van der Waals surface area contributed by atoms with Crippen molar-refractivity contribution in [1.82, 2.24) is 4.90 Å². The molecule has 1 unspecified atom stereocenters. The normalized spacial score (nSPS) is 17.1. The third kappa shape index (κ3) is 5.08. The molecule has 0 aliphatic carbocycles. The summed E-state index contributed by atoms with van der Waals surface area (Å²) in [5.74, 6) is -0.381. The first-order chi connectivity index (χ1) is 13.9. The second-order valence-corrected chi connectivity index (χ2v) is 7.67. The Hall–Kier alpha value is -2.57. The Morgan fingerprint density at radius 2 is 1.90 bits per heavy atom. The van der Waals surface area contributed by atoms with Crippen molar-refractivity contribution in [3.05, 3.63) is 58.6 Å². The molecule has 0 saturated carbocycles. The summed E-state index contributed by atoms with van der Waals surface area (Å²) >= 11 is 6.13. The van der Waals surface area contributed by atoms with Crippen LogP contribution < -0.4 is 10.2 Å². The molecule has 0 aromatic heterocycles. The number of halogens is 1. The molecule has 1 saturated heterocycles. The third-order valence-corrected chi connectivity index (χ3v) is 5.72. The predicted octanol–water partition coefficient (Wildman–Crippen LogP) is 3.58. The van der Waals surface area contributed by atoms with Crippen LogP contribution in [0, 0.1) is 6.92 Å². The number of ether oxygens (including phenoxy) is 1. The number of piperazine rings is 1. The van der Waals surface area contributed by atoms with Crippen molar-refractivity contribution in [2.45, 2.75) is 19.9 Å². The lowest BCUT2D eigenvalue weighted by Gasteiger charge is -2.40. The van der Waals surface area contributed by atoms with E-state index < -0.39 is 0 Å². The number of esters is 1. The largest absolute Gasteiger partial charge is 0.465 e. The molecule has 1 amide bonds. The van der Waals surface area contributed by atoms with E-state index in [1.54, 1.807) is 12.1 Å². The van der Waals surface area contributed by atoms with E-state index in [0.29, 0.717) is 17.1 Å². The summed E-state index contributed by atoms with van der Waals surface area (Å²) in [7, 11) is 1.38. The number of methoxy groups -OCH3 is 1. The van der Waals surface area contributed by atoms with Gasteiger partial charge in [-0.2, -0.15) is 0 Å². The predicted molar refractivity (Wildman–Crippen MR) is 116 cm³/mol. The molecule has 0 radical (unpaired) electrons. The Balaban J connectivity index is 1.56. The van der Waals surface area contributed by atoms with Crippen LogP contribution in [-0.2, 0) is 9.53 Å². The van der Waals surface area contributed by atoms with Gasteiger partial charge in [0.2, 0.25) is 5.91 Å². The van der Waals surface area contributed by atoms with Crippen molar-refractivity contribution < 1.29 is 14.3 Å². The first-order valence-electron chi connectivity index (χ1n) is 9.61. The second-order valence-electron chi connectivity index (χ2n) is 7.26. The summed E-state index contributed by atoms with van der Waals surface area (Å²) < 4.78 is 4.74. The highest BCUT2D eigenvalue weighted by atomic mass is 35.5. The van der Waals surface area contributed by atoms with Crippen LogP contribution in [0.15, 0.2) is 42.5 Å². The van der Waals surface area contributed by atoms with E-state index in [1.165, 1.54) is 7.11 Å². The average molecular weight is 416 g/mol. The van der Waals surface area contributed by atoms with Gasteiger partial charge in [0.15, 0.2) is 0 Å². The topological polar surface area (TPSA) is 61.9 Å². The quantitative estimate of drug-likeness (QED) is 0.756. The minimum Gasteiger partial charge on any atom is -0.465 e. The van der Waals surface area contributed by atoms with Gasteiger partial charge in [-0.15, -0.1) is 0 Å². The van der Waals surface area contributed by atoms with E-state index in [1.807, 2.05) is 37.3 Å². The Labute approximate surface area is 176 Å². The smallest absolute Gasteiger partial charge is 0.337 e. The summed E-state index contributed by atoms with van der Waals surface area (Å²) in [6, 6.07) is 13.1. The molecule has 2 aromatic carbocycles. The first kappa shape index (κ1) is 21.1. The molecule has 6 nitrogen and oxygen atoms in total. The van der Waals surface area contributed by atoms with Gasteiger partial charge in [-0.3, -0.25) is 9.69 Å². The molecule has 154 valence electrons. The number of hydrogen-bond donors (Lipinski definition) is 1. The van der Waals surface area contributed by atoms with Gasteiger partial charge >= 0.3 is 5.97 Å². The van der Waals surface area contributed by atoms with Crippen molar-refractivity contribution in [1.29, 1.82) is 0 Å². The van der Waals surface area contributed by atoms with Crippen molar-refractivity contribution in [2.75, 3.05) is 43.5 Å². The van der Waals surface area contributed by atoms with Gasteiger partial charge in [-0.05, 0) is 55.8 Å². The molecule has 3 rings (SSSR count). The summed E-state index contributed by atoms with van der Waals surface area (Å²) in [6.45, 7) is 6.74. The highest BCUT2D eigenvalue weighted by Gasteiger charge is 2.25. The van der Waals surface area contributed by atoms with Gasteiger partial charge in [0.1, 0.15) is 0 Å². The van der Waals surface area contributed by atoms with Crippen LogP contribution in [0.25, 0.3) is 0 Å². The minimum atomic E-state index is -0.337. The Kier molecular flexibility index (Phi) is 6.77. The number of nitrogens with zero attached hydrogens (tertiary/aromatic N) is 2. The van der Waals surface area contributed by atoms with Crippen LogP contribution in [0.1, 0.15) is 22.8 Å². The van der Waals surface area contributed by atoms with Gasteiger partial charge in [0, 0.05) is 42.1 Å². The molecular weight excluding hydrogens is 390 g/mol. The van der Waals surface area contributed by atoms with Crippen LogP contribution in [0.4, 0.5) is 11.4 Å². The maximum absolute atomic E-state index is 12.5. The molecule has 1 fully saturated rings. The molecule has 1 heterocycles. The number of carbonyl (C=O) groups is 2. The number of anilines is 2. The molecule has 1 atom stereocenters. The van der Waals surface area contributed by atoms with E-state index in [2.05, 4.69) is 22.0 Å². The van der Waals surface area contributed by atoms with Gasteiger partial charge < -0.3 is 15.0 Å². The van der Waals surface area contributed by atoms with Crippen molar-refractivity contribution in [2.24, 2.45) is 0 Å². The average Bonchev–Trinajstić information content (AvgIpc) is 2.72.